The van der Waals surface area contributed by atoms with Gasteiger partial charge in [0.25, 0.3) is 0 Å². The molecule has 0 bridgehead atoms. The summed E-state index contributed by atoms with van der Waals surface area (Å²) < 4.78 is 0. The van der Waals surface area contributed by atoms with Gasteiger partial charge in [-0.25, -0.2) is 9.59 Å². The maximum Gasteiger partial charge on any atom is 0.335 e. The van der Waals surface area contributed by atoms with Crippen LogP contribution < -0.4 is 5.32 Å². The van der Waals surface area contributed by atoms with E-state index in [1.165, 1.54) is 37.6 Å². The van der Waals surface area contributed by atoms with Crippen molar-refractivity contribution in [2.45, 2.75) is 25.8 Å². The summed E-state index contributed by atoms with van der Waals surface area (Å²) in [5.74, 6) is 0.353. The van der Waals surface area contributed by atoms with E-state index in [1.807, 2.05) is 4.90 Å². The van der Waals surface area contributed by atoms with Crippen LogP contribution in [0.2, 0.25) is 0 Å². The van der Waals surface area contributed by atoms with Crippen molar-refractivity contribution in [3.05, 3.63) is 29.6 Å². The highest BCUT2D eigenvalue weighted by atomic mass is 16.4. The van der Waals surface area contributed by atoms with Crippen LogP contribution in [0.1, 0.15) is 35.3 Å². The van der Waals surface area contributed by atoms with Gasteiger partial charge < -0.3 is 15.3 Å². The molecule has 0 spiro atoms. The number of hydrogen-bond acceptors (Lipinski definition) is 3. The first-order chi connectivity index (χ1) is 10.1. The van der Waals surface area contributed by atoms with Crippen LogP contribution in [0.15, 0.2) is 18.3 Å². The topological polar surface area (TPSA) is 82.5 Å². The minimum atomic E-state index is -0.989. The Morgan fingerprint density at radius 2 is 2.05 bits per heavy atom. The molecule has 6 heteroatoms. The molecular weight excluding hydrogens is 270 g/mol. The van der Waals surface area contributed by atoms with Gasteiger partial charge in [0.1, 0.15) is 0 Å². The molecular formula is C15H19N3O3. The average molecular weight is 289 g/mol. The smallest absolute Gasteiger partial charge is 0.335 e. The number of carboxylic acid groups (broad SMARTS) is 1. The number of carbonyl (C=O) groups is 2. The zero-order valence-electron chi connectivity index (χ0n) is 11.8. The number of carboxylic acids is 1. The van der Waals surface area contributed by atoms with Crippen LogP contribution in [0.4, 0.5) is 4.79 Å². The lowest BCUT2D eigenvalue weighted by Gasteiger charge is -2.18. The summed E-state index contributed by atoms with van der Waals surface area (Å²) >= 11 is 0. The molecule has 2 N–H and O–H groups in total. The number of nitrogens with zero attached hydrogens (tertiary/aromatic N) is 2. The van der Waals surface area contributed by atoms with Gasteiger partial charge in [-0.1, -0.05) is 6.42 Å². The number of pyridine rings is 1. The number of rotatable bonds is 3. The van der Waals surface area contributed by atoms with E-state index in [-0.39, 0.29) is 18.1 Å². The van der Waals surface area contributed by atoms with Crippen LogP contribution in [-0.2, 0) is 6.54 Å². The molecule has 2 heterocycles. The van der Waals surface area contributed by atoms with Crippen LogP contribution in [0, 0.1) is 11.8 Å². The number of carbonyl (C=O) groups excluding carboxylic acids is 1. The van der Waals surface area contributed by atoms with E-state index in [0.717, 1.165) is 13.1 Å². The molecule has 6 nitrogen and oxygen atoms in total. The second-order valence-electron chi connectivity index (χ2n) is 5.86. The number of urea groups is 1. The molecule has 2 atom stereocenters. The Labute approximate surface area is 123 Å². The van der Waals surface area contributed by atoms with Gasteiger partial charge in [0, 0.05) is 19.3 Å². The lowest BCUT2D eigenvalue weighted by Crippen LogP contribution is -2.38. The van der Waals surface area contributed by atoms with Gasteiger partial charge in [-0.3, -0.25) is 4.98 Å². The first-order valence-corrected chi connectivity index (χ1v) is 7.34. The SMILES string of the molecule is O=C(O)c1ccnc(CNC(=O)N2CC3CCCC3C2)c1. The fourth-order valence-corrected chi connectivity index (χ4v) is 3.39. The predicted molar refractivity (Wildman–Crippen MR) is 75.8 cm³/mol. The number of amides is 2. The first-order valence-electron chi connectivity index (χ1n) is 7.34. The third-order valence-electron chi connectivity index (χ3n) is 4.50. The summed E-state index contributed by atoms with van der Waals surface area (Å²) in [5, 5.41) is 11.8. The Balaban J connectivity index is 1.54. The van der Waals surface area contributed by atoms with Crippen molar-refractivity contribution < 1.29 is 14.7 Å². The van der Waals surface area contributed by atoms with Crippen LogP contribution in [0.25, 0.3) is 0 Å². The molecule has 0 aromatic carbocycles. The molecule has 1 aromatic heterocycles. The van der Waals surface area contributed by atoms with Gasteiger partial charge in [0.05, 0.1) is 17.8 Å². The lowest BCUT2D eigenvalue weighted by molar-refractivity contribution is 0.0696. The Kier molecular flexibility index (Phi) is 3.77. The van der Waals surface area contributed by atoms with Gasteiger partial charge in [-0.2, -0.15) is 0 Å². The van der Waals surface area contributed by atoms with E-state index < -0.39 is 5.97 Å². The Morgan fingerprint density at radius 3 is 2.71 bits per heavy atom. The number of nitrogens with one attached hydrogen (secondary N) is 1. The molecule has 3 rings (SSSR count). The minimum Gasteiger partial charge on any atom is -0.478 e. The van der Waals surface area contributed by atoms with Crippen molar-refractivity contribution in [2.24, 2.45) is 11.8 Å². The van der Waals surface area contributed by atoms with Crippen molar-refractivity contribution in [3.8, 4) is 0 Å². The first kappa shape index (κ1) is 13.9. The average Bonchev–Trinajstić information content (AvgIpc) is 3.06. The van der Waals surface area contributed by atoms with Crippen molar-refractivity contribution in [2.75, 3.05) is 13.1 Å². The molecule has 1 aliphatic carbocycles. The van der Waals surface area contributed by atoms with Crippen molar-refractivity contribution in [3.63, 3.8) is 0 Å². The lowest BCUT2D eigenvalue weighted by atomic mass is 10.0. The molecule has 1 saturated heterocycles. The highest BCUT2D eigenvalue weighted by molar-refractivity contribution is 5.87. The molecule has 0 radical (unpaired) electrons. The maximum absolute atomic E-state index is 12.1. The van der Waals surface area contributed by atoms with Crippen LogP contribution in [0.3, 0.4) is 0 Å². The van der Waals surface area contributed by atoms with Gasteiger partial charge in [-0.05, 0) is 36.8 Å². The molecule has 2 fully saturated rings. The Morgan fingerprint density at radius 1 is 1.33 bits per heavy atom. The molecule has 112 valence electrons. The van der Waals surface area contributed by atoms with Crippen molar-refractivity contribution in [1.82, 2.24) is 15.2 Å². The normalized spacial score (nSPS) is 23.9. The highest BCUT2D eigenvalue weighted by Gasteiger charge is 2.37. The van der Waals surface area contributed by atoms with Crippen LogP contribution in [0.5, 0.6) is 0 Å². The monoisotopic (exact) mass is 289 g/mol. The standard InChI is InChI=1S/C15H19N3O3/c19-14(20)10-4-5-16-13(6-10)7-17-15(21)18-8-11-2-1-3-12(11)9-18/h4-6,11-12H,1-3,7-9H2,(H,17,21)(H,19,20). The van der Waals surface area contributed by atoms with E-state index in [4.69, 9.17) is 5.11 Å². The third kappa shape index (κ3) is 2.99. The summed E-state index contributed by atoms with van der Waals surface area (Å²) in [7, 11) is 0. The maximum atomic E-state index is 12.1. The van der Waals surface area contributed by atoms with E-state index in [9.17, 15) is 9.59 Å². The third-order valence-corrected chi connectivity index (χ3v) is 4.50. The zero-order chi connectivity index (χ0) is 14.8. The summed E-state index contributed by atoms with van der Waals surface area (Å²) in [6.07, 6.45) is 5.20. The van der Waals surface area contributed by atoms with Gasteiger partial charge in [-0.15, -0.1) is 0 Å². The van der Waals surface area contributed by atoms with E-state index >= 15 is 0 Å². The fourth-order valence-electron chi connectivity index (χ4n) is 3.39. The number of aromatic carboxylic acids is 1. The summed E-state index contributed by atoms with van der Waals surface area (Å²) in [4.78, 5) is 29.0. The molecule has 1 aliphatic heterocycles. The van der Waals surface area contributed by atoms with Gasteiger partial charge in [0.15, 0.2) is 0 Å². The summed E-state index contributed by atoms with van der Waals surface area (Å²) in [6, 6.07) is 2.85. The van der Waals surface area contributed by atoms with Crippen LogP contribution in [-0.4, -0.2) is 40.1 Å². The molecule has 2 amide bonds. The molecule has 2 unspecified atom stereocenters. The van der Waals surface area contributed by atoms with Crippen molar-refractivity contribution >= 4 is 12.0 Å². The Bertz CT molecular complexity index is 549. The molecule has 1 aromatic rings. The molecule has 1 saturated carbocycles. The van der Waals surface area contributed by atoms with E-state index in [1.54, 1.807) is 0 Å². The van der Waals surface area contributed by atoms with E-state index in [2.05, 4.69) is 10.3 Å². The molecule has 2 aliphatic rings. The zero-order valence-corrected chi connectivity index (χ0v) is 11.8. The second-order valence-corrected chi connectivity index (χ2v) is 5.86. The fraction of sp³-hybridized carbons (Fsp3) is 0.533. The summed E-state index contributed by atoms with van der Waals surface area (Å²) in [6.45, 7) is 1.95. The number of aromatic nitrogens is 1. The van der Waals surface area contributed by atoms with Gasteiger partial charge >= 0.3 is 12.0 Å². The molecule has 21 heavy (non-hydrogen) atoms. The van der Waals surface area contributed by atoms with E-state index in [0.29, 0.717) is 17.5 Å². The number of likely N-dealkylation sites (tertiary alicyclic amines) is 1. The second kappa shape index (κ2) is 5.71. The predicted octanol–water partition coefficient (Wildman–Crippen LogP) is 1.72. The number of fused-ring (bicyclic) bond motifs is 1. The van der Waals surface area contributed by atoms with Crippen molar-refractivity contribution in [1.29, 1.82) is 0 Å². The minimum absolute atomic E-state index is 0.0769. The summed E-state index contributed by atoms with van der Waals surface area (Å²) in [5.41, 5.74) is 0.743. The number of hydrogen-bond donors (Lipinski definition) is 2. The van der Waals surface area contributed by atoms with Crippen LogP contribution >= 0.6 is 0 Å². The Hall–Kier alpha value is -2.11. The quantitative estimate of drug-likeness (QED) is 0.887. The highest BCUT2D eigenvalue weighted by Crippen LogP contribution is 2.37. The van der Waals surface area contributed by atoms with Gasteiger partial charge in [0.2, 0.25) is 0 Å². The largest absolute Gasteiger partial charge is 0.478 e.